The van der Waals surface area contributed by atoms with Gasteiger partial charge in [-0.1, -0.05) is 63.5 Å². The molecule has 1 nitrogen and oxygen atoms in total. The normalized spacial score (nSPS) is 12.4. The quantitative estimate of drug-likeness (QED) is 0.887. The maximum atomic E-state index is 3.65. The molecule has 0 saturated carbocycles. The van der Waals surface area contributed by atoms with Crippen LogP contribution in [0.3, 0.4) is 0 Å². The third-order valence-corrected chi connectivity index (χ3v) is 3.85. The van der Waals surface area contributed by atoms with E-state index in [1.54, 1.807) is 0 Å². The standard InChI is InChI=1S/C16H18BrN/c1-11-5-4-6-13(9-11)16(18-3)14-10-12(2)7-8-15(14)17/h4-10,16,18H,1-3H3. The van der Waals surface area contributed by atoms with Crippen molar-refractivity contribution >= 4 is 15.9 Å². The monoisotopic (exact) mass is 303 g/mol. The van der Waals surface area contributed by atoms with Gasteiger partial charge < -0.3 is 5.32 Å². The highest BCUT2D eigenvalue weighted by Crippen LogP contribution is 2.29. The van der Waals surface area contributed by atoms with E-state index in [2.05, 4.69) is 77.6 Å². The number of hydrogen-bond acceptors (Lipinski definition) is 1. The van der Waals surface area contributed by atoms with Crippen molar-refractivity contribution in [2.45, 2.75) is 19.9 Å². The lowest BCUT2D eigenvalue weighted by atomic mass is 9.96. The fourth-order valence-electron chi connectivity index (χ4n) is 2.24. The summed E-state index contributed by atoms with van der Waals surface area (Å²) in [5.74, 6) is 0. The molecule has 0 fully saturated rings. The van der Waals surface area contributed by atoms with Crippen LogP contribution in [0.25, 0.3) is 0 Å². The molecule has 0 amide bonds. The van der Waals surface area contributed by atoms with Crippen molar-refractivity contribution in [1.29, 1.82) is 0 Å². The van der Waals surface area contributed by atoms with Crippen LogP contribution in [0.1, 0.15) is 28.3 Å². The highest BCUT2D eigenvalue weighted by Gasteiger charge is 2.14. The highest BCUT2D eigenvalue weighted by atomic mass is 79.9. The zero-order valence-electron chi connectivity index (χ0n) is 11.0. The van der Waals surface area contributed by atoms with Crippen molar-refractivity contribution in [3.05, 3.63) is 69.2 Å². The fourth-order valence-corrected chi connectivity index (χ4v) is 2.71. The molecule has 2 aromatic rings. The Kier molecular flexibility index (Phi) is 4.20. The van der Waals surface area contributed by atoms with Crippen molar-refractivity contribution in [2.75, 3.05) is 7.05 Å². The molecule has 0 saturated heterocycles. The first-order valence-corrected chi connectivity index (χ1v) is 6.91. The van der Waals surface area contributed by atoms with Crippen molar-refractivity contribution in [3.63, 3.8) is 0 Å². The van der Waals surface area contributed by atoms with Crippen LogP contribution in [0.15, 0.2) is 46.9 Å². The number of halogens is 1. The van der Waals surface area contributed by atoms with Gasteiger partial charge in [0.2, 0.25) is 0 Å². The van der Waals surface area contributed by atoms with Crippen molar-refractivity contribution in [1.82, 2.24) is 5.32 Å². The Morgan fingerprint density at radius 2 is 1.72 bits per heavy atom. The van der Waals surface area contributed by atoms with E-state index in [0.29, 0.717) is 0 Å². The molecule has 2 heteroatoms. The molecular weight excluding hydrogens is 286 g/mol. The minimum atomic E-state index is 0.221. The van der Waals surface area contributed by atoms with Crippen LogP contribution >= 0.6 is 15.9 Å². The topological polar surface area (TPSA) is 12.0 Å². The molecule has 2 aromatic carbocycles. The van der Waals surface area contributed by atoms with E-state index >= 15 is 0 Å². The first-order chi connectivity index (χ1) is 8.61. The highest BCUT2D eigenvalue weighted by molar-refractivity contribution is 9.10. The lowest BCUT2D eigenvalue weighted by Crippen LogP contribution is -2.18. The zero-order valence-corrected chi connectivity index (χ0v) is 12.6. The molecule has 18 heavy (non-hydrogen) atoms. The molecule has 94 valence electrons. The van der Waals surface area contributed by atoms with Crippen molar-refractivity contribution < 1.29 is 0 Å². The molecule has 0 heterocycles. The van der Waals surface area contributed by atoms with E-state index in [1.165, 1.54) is 22.3 Å². The molecule has 0 spiro atoms. The molecular formula is C16H18BrN. The second kappa shape index (κ2) is 5.68. The van der Waals surface area contributed by atoms with Crippen LogP contribution in [-0.4, -0.2) is 7.05 Å². The molecule has 2 rings (SSSR count). The Labute approximate surface area is 117 Å². The van der Waals surface area contributed by atoms with Crippen LogP contribution < -0.4 is 5.32 Å². The lowest BCUT2D eigenvalue weighted by Gasteiger charge is -2.19. The minimum Gasteiger partial charge on any atom is -0.309 e. The summed E-state index contributed by atoms with van der Waals surface area (Å²) in [6.45, 7) is 4.25. The van der Waals surface area contributed by atoms with E-state index in [9.17, 15) is 0 Å². The SMILES string of the molecule is CNC(c1cccc(C)c1)c1cc(C)ccc1Br. The van der Waals surface area contributed by atoms with Crippen LogP contribution in [0.4, 0.5) is 0 Å². The van der Waals surface area contributed by atoms with Crippen LogP contribution in [0.2, 0.25) is 0 Å². The molecule has 1 N–H and O–H groups in total. The fraction of sp³-hybridized carbons (Fsp3) is 0.250. The van der Waals surface area contributed by atoms with Gasteiger partial charge in [0.25, 0.3) is 0 Å². The van der Waals surface area contributed by atoms with Gasteiger partial charge >= 0.3 is 0 Å². The minimum absolute atomic E-state index is 0.221. The van der Waals surface area contributed by atoms with Gasteiger partial charge in [0.15, 0.2) is 0 Å². The summed E-state index contributed by atoms with van der Waals surface area (Å²) < 4.78 is 1.15. The van der Waals surface area contributed by atoms with E-state index in [4.69, 9.17) is 0 Å². The summed E-state index contributed by atoms with van der Waals surface area (Å²) in [7, 11) is 2.00. The van der Waals surface area contributed by atoms with Crippen LogP contribution in [0, 0.1) is 13.8 Å². The van der Waals surface area contributed by atoms with E-state index in [-0.39, 0.29) is 6.04 Å². The number of benzene rings is 2. The van der Waals surface area contributed by atoms with Gasteiger partial charge in [-0.2, -0.15) is 0 Å². The molecule has 0 aromatic heterocycles. The average Bonchev–Trinajstić information content (AvgIpc) is 2.35. The van der Waals surface area contributed by atoms with Gasteiger partial charge in [0, 0.05) is 4.47 Å². The molecule has 1 unspecified atom stereocenters. The van der Waals surface area contributed by atoms with Gasteiger partial charge in [-0.05, 0) is 38.1 Å². The Bertz CT molecular complexity index is 549. The van der Waals surface area contributed by atoms with Gasteiger partial charge in [0.1, 0.15) is 0 Å². The first-order valence-electron chi connectivity index (χ1n) is 6.11. The van der Waals surface area contributed by atoms with E-state index in [1.807, 2.05) is 7.05 Å². The second-order valence-electron chi connectivity index (χ2n) is 4.66. The largest absolute Gasteiger partial charge is 0.309 e. The molecule has 0 aliphatic heterocycles. The van der Waals surface area contributed by atoms with Gasteiger partial charge in [-0.3, -0.25) is 0 Å². The number of nitrogens with one attached hydrogen (secondary N) is 1. The number of hydrogen-bond donors (Lipinski definition) is 1. The molecule has 0 aliphatic rings. The Balaban J connectivity index is 2.48. The summed E-state index contributed by atoms with van der Waals surface area (Å²) in [4.78, 5) is 0. The maximum Gasteiger partial charge on any atom is 0.0585 e. The Hall–Kier alpha value is -1.12. The number of rotatable bonds is 3. The predicted molar refractivity (Wildman–Crippen MR) is 81.0 cm³/mol. The summed E-state index contributed by atoms with van der Waals surface area (Å²) >= 11 is 3.65. The van der Waals surface area contributed by atoms with Crippen molar-refractivity contribution in [3.8, 4) is 0 Å². The average molecular weight is 304 g/mol. The van der Waals surface area contributed by atoms with Crippen LogP contribution in [0.5, 0.6) is 0 Å². The molecule has 0 bridgehead atoms. The van der Waals surface area contributed by atoms with E-state index in [0.717, 1.165) is 4.47 Å². The summed E-state index contributed by atoms with van der Waals surface area (Å²) in [5, 5.41) is 3.40. The Morgan fingerprint density at radius 3 is 2.39 bits per heavy atom. The van der Waals surface area contributed by atoms with E-state index < -0.39 is 0 Å². The summed E-state index contributed by atoms with van der Waals surface area (Å²) in [6.07, 6.45) is 0. The summed E-state index contributed by atoms with van der Waals surface area (Å²) in [5.41, 5.74) is 5.14. The number of aryl methyl sites for hydroxylation is 2. The third kappa shape index (κ3) is 2.82. The zero-order chi connectivity index (χ0) is 13.1. The lowest BCUT2D eigenvalue weighted by molar-refractivity contribution is 0.688. The van der Waals surface area contributed by atoms with Gasteiger partial charge in [-0.15, -0.1) is 0 Å². The van der Waals surface area contributed by atoms with Crippen LogP contribution in [-0.2, 0) is 0 Å². The Morgan fingerprint density at radius 1 is 1.00 bits per heavy atom. The molecule has 1 atom stereocenters. The second-order valence-corrected chi connectivity index (χ2v) is 5.52. The maximum absolute atomic E-state index is 3.65. The summed E-state index contributed by atoms with van der Waals surface area (Å²) in [6, 6.07) is 15.3. The molecule has 0 radical (unpaired) electrons. The predicted octanol–water partition coefficient (Wildman–Crippen LogP) is 4.37. The van der Waals surface area contributed by atoms with Gasteiger partial charge in [-0.25, -0.2) is 0 Å². The third-order valence-electron chi connectivity index (χ3n) is 3.13. The first kappa shape index (κ1) is 13.3. The van der Waals surface area contributed by atoms with Gasteiger partial charge in [0.05, 0.1) is 6.04 Å². The van der Waals surface area contributed by atoms with Crippen molar-refractivity contribution in [2.24, 2.45) is 0 Å². The molecule has 0 aliphatic carbocycles. The smallest absolute Gasteiger partial charge is 0.0585 e.